The third-order valence-corrected chi connectivity index (χ3v) is 5.86. The first-order chi connectivity index (χ1) is 18.1. The second-order valence-corrected chi connectivity index (χ2v) is 10.0. The Hall–Kier alpha value is -4.27. The summed E-state index contributed by atoms with van der Waals surface area (Å²) < 4.78 is 20.7. The van der Waals surface area contributed by atoms with Gasteiger partial charge in [0.05, 0.1) is 12.1 Å². The number of hydrogen-bond acceptors (Lipinski definition) is 5. The van der Waals surface area contributed by atoms with Gasteiger partial charge in [-0.05, 0) is 75.2 Å². The monoisotopic (exact) mass is 517 g/mol. The Bertz CT molecular complexity index is 1390. The van der Waals surface area contributed by atoms with Gasteiger partial charge in [-0.1, -0.05) is 41.6 Å². The lowest BCUT2D eigenvalue weighted by Gasteiger charge is -2.34. The van der Waals surface area contributed by atoms with E-state index in [-0.39, 0.29) is 30.7 Å². The van der Waals surface area contributed by atoms with E-state index in [1.165, 1.54) is 21.7 Å². The van der Waals surface area contributed by atoms with Gasteiger partial charge in [-0.15, -0.1) is 5.10 Å². The summed E-state index contributed by atoms with van der Waals surface area (Å²) in [6, 6.07) is 19.4. The highest BCUT2D eigenvalue weighted by Gasteiger charge is 2.34. The molecule has 0 aliphatic heterocycles. The fourth-order valence-electron chi connectivity index (χ4n) is 4.19. The molecule has 1 N–H and O–H groups in total. The highest BCUT2D eigenvalue weighted by Crippen LogP contribution is 2.27. The van der Waals surface area contributed by atoms with Crippen LogP contribution in [0.1, 0.15) is 44.9 Å². The number of fused-ring (bicyclic) bond motifs is 1. The van der Waals surface area contributed by atoms with Crippen LogP contribution >= 0.6 is 0 Å². The van der Waals surface area contributed by atoms with E-state index in [0.29, 0.717) is 34.5 Å². The van der Waals surface area contributed by atoms with Crippen molar-refractivity contribution in [3.8, 4) is 5.75 Å². The summed E-state index contributed by atoms with van der Waals surface area (Å²) in [6.45, 7) is 8.01. The molecular formula is C29H32FN5O3. The molecule has 8 nitrogen and oxygen atoms in total. The van der Waals surface area contributed by atoms with Gasteiger partial charge in [0, 0.05) is 12.1 Å². The molecule has 0 aliphatic carbocycles. The van der Waals surface area contributed by atoms with Crippen LogP contribution in [0.25, 0.3) is 11.0 Å². The van der Waals surface area contributed by atoms with E-state index in [2.05, 4.69) is 15.6 Å². The van der Waals surface area contributed by atoms with Gasteiger partial charge >= 0.3 is 0 Å². The summed E-state index contributed by atoms with van der Waals surface area (Å²) in [6.07, 6.45) is 0. The highest BCUT2D eigenvalue weighted by atomic mass is 19.1. The number of amides is 2. The number of nitrogens with one attached hydrogen (secondary N) is 1. The van der Waals surface area contributed by atoms with Crippen molar-refractivity contribution in [2.24, 2.45) is 0 Å². The van der Waals surface area contributed by atoms with Gasteiger partial charge in [0.1, 0.15) is 29.7 Å². The fourth-order valence-corrected chi connectivity index (χ4v) is 4.19. The van der Waals surface area contributed by atoms with Crippen LogP contribution in [0, 0.1) is 5.82 Å². The maximum Gasteiger partial charge on any atom is 0.247 e. The molecule has 198 valence electrons. The molecule has 9 heteroatoms. The number of para-hydroxylation sites is 1. The van der Waals surface area contributed by atoms with E-state index >= 15 is 0 Å². The predicted molar refractivity (Wildman–Crippen MR) is 143 cm³/mol. The summed E-state index contributed by atoms with van der Waals surface area (Å²) >= 11 is 0. The van der Waals surface area contributed by atoms with E-state index in [1.54, 1.807) is 36.4 Å². The largest absolute Gasteiger partial charge is 0.494 e. The first kappa shape index (κ1) is 26.8. The molecule has 0 saturated carbocycles. The van der Waals surface area contributed by atoms with Gasteiger partial charge < -0.3 is 15.0 Å². The molecule has 0 bridgehead atoms. The second kappa shape index (κ2) is 11.4. The lowest BCUT2D eigenvalue weighted by molar-refractivity contribution is -0.142. The summed E-state index contributed by atoms with van der Waals surface area (Å²) in [4.78, 5) is 29.2. The van der Waals surface area contributed by atoms with Gasteiger partial charge in [-0.2, -0.15) is 0 Å². The molecule has 0 fully saturated rings. The lowest BCUT2D eigenvalue weighted by Crippen LogP contribution is -2.49. The van der Waals surface area contributed by atoms with Crippen LogP contribution in [0.3, 0.4) is 0 Å². The minimum atomic E-state index is -0.961. The number of carbonyl (C=O) groups is 2. The van der Waals surface area contributed by atoms with Crippen LogP contribution in [0.5, 0.6) is 5.75 Å². The topological polar surface area (TPSA) is 89.4 Å². The van der Waals surface area contributed by atoms with Crippen molar-refractivity contribution in [3.05, 3.63) is 89.7 Å². The molecule has 0 radical (unpaired) electrons. The maximum atomic E-state index is 13.9. The third-order valence-electron chi connectivity index (χ3n) is 5.86. The molecule has 4 aromatic rings. The zero-order chi connectivity index (χ0) is 27.3. The van der Waals surface area contributed by atoms with Crippen LogP contribution < -0.4 is 10.1 Å². The summed E-state index contributed by atoms with van der Waals surface area (Å²) in [5.74, 6) is -0.389. The van der Waals surface area contributed by atoms with E-state index in [0.717, 1.165) is 0 Å². The van der Waals surface area contributed by atoms with Gasteiger partial charge in [-0.3, -0.25) is 9.59 Å². The minimum absolute atomic E-state index is 0.0845. The highest BCUT2D eigenvalue weighted by molar-refractivity contribution is 5.89. The molecule has 2 amide bonds. The second-order valence-electron chi connectivity index (χ2n) is 10.0. The Balaban J connectivity index is 1.76. The number of halogens is 1. The molecule has 0 spiro atoms. The number of hydrogen-bond donors (Lipinski definition) is 1. The van der Waals surface area contributed by atoms with Crippen molar-refractivity contribution >= 4 is 22.8 Å². The molecule has 1 heterocycles. The Morgan fingerprint density at radius 3 is 2.37 bits per heavy atom. The summed E-state index contributed by atoms with van der Waals surface area (Å²) in [7, 11) is 0. The van der Waals surface area contributed by atoms with Crippen LogP contribution in [0.2, 0.25) is 0 Å². The van der Waals surface area contributed by atoms with Crippen molar-refractivity contribution in [2.45, 2.75) is 52.4 Å². The van der Waals surface area contributed by atoms with Crippen LogP contribution in [0.4, 0.5) is 4.39 Å². The van der Waals surface area contributed by atoms with E-state index in [9.17, 15) is 14.0 Å². The van der Waals surface area contributed by atoms with Gasteiger partial charge in [0.25, 0.3) is 0 Å². The van der Waals surface area contributed by atoms with Gasteiger partial charge in [-0.25, -0.2) is 9.07 Å². The summed E-state index contributed by atoms with van der Waals surface area (Å²) in [5.41, 5.74) is 2.14. The van der Waals surface area contributed by atoms with Crippen LogP contribution in [0.15, 0.2) is 72.8 Å². The normalized spacial score (nSPS) is 12.2. The average molecular weight is 518 g/mol. The quantitative estimate of drug-likeness (QED) is 0.349. The number of ether oxygens (including phenoxy) is 1. The van der Waals surface area contributed by atoms with Crippen LogP contribution in [-0.2, 0) is 22.7 Å². The minimum Gasteiger partial charge on any atom is -0.494 e. The van der Waals surface area contributed by atoms with Crippen molar-refractivity contribution in [2.75, 3.05) is 6.61 Å². The first-order valence-electron chi connectivity index (χ1n) is 12.5. The molecule has 1 aromatic heterocycles. The molecular weight excluding hydrogens is 485 g/mol. The smallest absolute Gasteiger partial charge is 0.247 e. The van der Waals surface area contributed by atoms with Crippen molar-refractivity contribution in [3.63, 3.8) is 0 Å². The molecule has 3 aromatic carbocycles. The predicted octanol–water partition coefficient (Wildman–Crippen LogP) is 4.65. The molecule has 1 atom stereocenters. The average Bonchev–Trinajstić information content (AvgIpc) is 3.27. The Labute approximate surface area is 221 Å². The molecule has 0 aliphatic rings. The number of carbonyl (C=O) groups excluding carboxylic acids is 2. The molecule has 1 unspecified atom stereocenters. The van der Waals surface area contributed by atoms with Crippen molar-refractivity contribution in [1.29, 1.82) is 0 Å². The van der Waals surface area contributed by atoms with Crippen LogP contribution in [-0.4, -0.2) is 43.9 Å². The van der Waals surface area contributed by atoms with E-state index in [1.807, 2.05) is 52.0 Å². The Morgan fingerprint density at radius 2 is 1.71 bits per heavy atom. The molecule has 38 heavy (non-hydrogen) atoms. The Morgan fingerprint density at radius 1 is 1.03 bits per heavy atom. The van der Waals surface area contributed by atoms with Gasteiger partial charge in [0.15, 0.2) is 0 Å². The zero-order valence-electron chi connectivity index (χ0n) is 22.0. The summed E-state index contributed by atoms with van der Waals surface area (Å²) in [5, 5.41) is 11.3. The number of rotatable bonds is 9. The standard InChI is InChI=1S/C29H32FN5O3/c1-5-38-23-16-12-21(13-17-23)27(28(37)31-29(2,3)4)34(18-20-10-14-22(30)15-11-20)26(36)19-35-25-9-7-6-8-24(25)32-33-35/h6-17,27H,5,18-19H2,1-4H3,(H,31,37). The number of nitrogens with zero attached hydrogens (tertiary/aromatic N) is 4. The van der Waals surface area contributed by atoms with E-state index in [4.69, 9.17) is 4.74 Å². The number of aromatic nitrogens is 3. The van der Waals surface area contributed by atoms with Crippen molar-refractivity contribution < 1.29 is 18.7 Å². The number of benzene rings is 3. The maximum absolute atomic E-state index is 13.9. The molecule has 0 saturated heterocycles. The SMILES string of the molecule is CCOc1ccc(C(C(=O)NC(C)(C)C)N(Cc2ccc(F)cc2)C(=O)Cn2nnc3ccccc32)cc1. The molecule has 4 rings (SSSR count). The van der Waals surface area contributed by atoms with Crippen molar-refractivity contribution in [1.82, 2.24) is 25.2 Å². The first-order valence-corrected chi connectivity index (χ1v) is 12.5. The third kappa shape index (κ3) is 6.53. The zero-order valence-corrected chi connectivity index (χ0v) is 22.0. The fraction of sp³-hybridized carbons (Fsp3) is 0.310. The van der Waals surface area contributed by atoms with E-state index < -0.39 is 11.6 Å². The van der Waals surface area contributed by atoms with Gasteiger partial charge in [0.2, 0.25) is 11.8 Å². The Kier molecular flexibility index (Phi) is 8.05. The lowest BCUT2D eigenvalue weighted by atomic mass is 10.0.